The number of nitrogens with two attached hydrogens (primary N) is 1. The fraction of sp³-hybridized carbons (Fsp3) is 0. The third kappa shape index (κ3) is 1.72. The molecule has 0 atom stereocenters. The number of nitriles is 2. The molecule has 4 nitrogen and oxygen atoms in total. The van der Waals surface area contributed by atoms with E-state index < -0.39 is 0 Å². The van der Waals surface area contributed by atoms with Crippen LogP contribution in [0.1, 0.15) is 10.4 Å². The minimum atomic E-state index is 0.355. The molecule has 0 bridgehead atoms. The molecule has 0 unspecified atom stereocenters. The molecular weight excluding hydrogens is 220 g/mol. The Balaban J connectivity index is 2.59. The Kier molecular flexibility index (Phi) is 2.55. The molecule has 16 heavy (non-hydrogen) atoms. The summed E-state index contributed by atoms with van der Waals surface area (Å²) in [7, 11) is 0. The summed E-state index contributed by atoms with van der Waals surface area (Å²) in [4.78, 5) is 4.56. The van der Waals surface area contributed by atoms with Gasteiger partial charge in [0, 0.05) is 5.56 Å². The van der Waals surface area contributed by atoms with E-state index in [1.54, 1.807) is 24.3 Å². The van der Waals surface area contributed by atoms with Crippen molar-refractivity contribution in [1.29, 1.82) is 10.5 Å². The third-order valence-electron chi connectivity index (χ3n) is 2.01. The summed E-state index contributed by atoms with van der Waals surface area (Å²) in [5, 5.41) is 18.1. The quantitative estimate of drug-likeness (QED) is 0.806. The summed E-state index contributed by atoms with van der Waals surface area (Å²) in [5.74, 6) is 0. The highest BCUT2D eigenvalue weighted by atomic mass is 32.1. The van der Waals surface area contributed by atoms with E-state index in [0.29, 0.717) is 21.3 Å². The molecule has 1 heterocycles. The van der Waals surface area contributed by atoms with E-state index in [0.717, 1.165) is 16.9 Å². The van der Waals surface area contributed by atoms with Gasteiger partial charge in [0.1, 0.15) is 16.6 Å². The molecule has 1 aromatic carbocycles. The van der Waals surface area contributed by atoms with Gasteiger partial charge in [-0.25, -0.2) is 4.98 Å². The Morgan fingerprint density at radius 1 is 1.25 bits per heavy atom. The van der Waals surface area contributed by atoms with Gasteiger partial charge in [0.15, 0.2) is 5.13 Å². The van der Waals surface area contributed by atoms with E-state index >= 15 is 0 Å². The van der Waals surface area contributed by atoms with Crippen LogP contribution in [-0.2, 0) is 0 Å². The number of nitrogens with zero attached hydrogens (tertiary/aromatic N) is 3. The molecule has 0 aliphatic rings. The van der Waals surface area contributed by atoms with Crippen molar-refractivity contribution in [1.82, 2.24) is 4.98 Å². The van der Waals surface area contributed by atoms with Gasteiger partial charge >= 0.3 is 0 Å². The molecule has 1 aromatic heterocycles. The van der Waals surface area contributed by atoms with Crippen LogP contribution in [0.15, 0.2) is 24.3 Å². The Labute approximate surface area is 96.2 Å². The molecule has 0 spiro atoms. The van der Waals surface area contributed by atoms with Gasteiger partial charge in [0.25, 0.3) is 0 Å². The average Bonchev–Trinajstić information content (AvgIpc) is 2.70. The molecule has 76 valence electrons. The van der Waals surface area contributed by atoms with Crippen molar-refractivity contribution in [2.45, 2.75) is 0 Å². The highest BCUT2D eigenvalue weighted by molar-refractivity contribution is 7.16. The van der Waals surface area contributed by atoms with Crippen LogP contribution in [0.3, 0.4) is 0 Å². The summed E-state index contributed by atoms with van der Waals surface area (Å²) in [5.41, 5.74) is 7.37. The van der Waals surface area contributed by atoms with Crippen LogP contribution in [0.4, 0.5) is 5.13 Å². The van der Waals surface area contributed by atoms with Crippen molar-refractivity contribution in [3.8, 4) is 23.4 Å². The topological polar surface area (TPSA) is 86.5 Å². The first-order chi connectivity index (χ1) is 7.74. The summed E-state index contributed by atoms with van der Waals surface area (Å²) in [6.45, 7) is 0. The monoisotopic (exact) mass is 226 g/mol. The zero-order valence-corrected chi connectivity index (χ0v) is 8.95. The van der Waals surface area contributed by atoms with E-state index in [4.69, 9.17) is 16.3 Å². The van der Waals surface area contributed by atoms with Crippen LogP contribution in [-0.4, -0.2) is 4.98 Å². The summed E-state index contributed by atoms with van der Waals surface area (Å²) in [6.07, 6.45) is 0. The first-order valence-electron chi connectivity index (χ1n) is 4.41. The molecule has 5 heteroatoms. The second kappa shape index (κ2) is 4.01. The molecule has 0 amide bonds. The number of benzene rings is 1. The van der Waals surface area contributed by atoms with Crippen molar-refractivity contribution in [2.75, 3.05) is 5.73 Å². The van der Waals surface area contributed by atoms with E-state index in [-0.39, 0.29) is 0 Å². The number of rotatable bonds is 1. The fourth-order valence-corrected chi connectivity index (χ4v) is 2.00. The second-order valence-electron chi connectivity index (χ2n) is 3.03. The number of anilines is 1. The van der Waals surface area contributed by atoms with Crippen molar-refractivity contribution in [3.63, 3.8) is 0 Å². The van der Waals surface area contributed by atoms with Gasteiger partial charge < -0.3 is 5.73 Å². The van der Waals surface area contributed by atoms with E-state index in [1.807, 2.05) is 12.1 Å². The van der Waals surface area contributed by atoms with Gasteiger partial charge in [-0.05, 0) is 12.1 Å². The number of hydrogen-bond acceptors (Lipinski definition) is 5. The van der Waals surface area contributed by atoms with Crippen LogP contribution in [0.25, 0.3) is 11.3 Å². The highest BCUT2D eigenvalue weighted by Crippen LogP contribution is 2.29. The molecule has 0 saturated carbocycles. The maximum Gasteiger partial charge on any atom is 0.181 e. The van der Waals surface area contributed by atoms with Crippen LogP contribution in [0.5, 0.6) is 0 Å². The van der Waals surface area contributed by atoms with Gasteiger partial charge in [-0.2, -0.15) is 10.5 Å². The highest BCUT2D eigenvalue weighted by Gasteiger charge is 2.11. The molecule has 0 aliphatic heterocycles. The molecule has 2 N–H and O–H groups in total. The summed E-state index contributed by atoms with van der Waals surface area (Å²) < 4.78 is 0. The van der Waals surface area contributed by atoms with Gasteiger partial charge in [0.05, 0.1) is 11.6 Å². The number of aromatic nitrogens is 1. The van der Waals surface area contributed by atoms with Gasteiger partial charge in [-0.1, -0.05) is 23.5 Å². The molecule has 0 aliphatic carbocycles. The smallest absolute Gasteiger partial charge is 0.181 e. The van der Waals surface area contributed by atoms with Crippen molar-refractivity contribution >= 4 is 16.5 Å². The SMILES string of the molecule is N#Cc1cccc(-c2nc(N)sc2C#N)c1. The van der Waals surface area contributed by atoms with Crippen molar-refractivity contribution in [3.05, 3.63) is 34.7 Å². The minimum absolute atomic E-state index is 0.355. The lowest BCUT2D eigenvalue weighted by atomic mass is 10.1. The van der Waals surface area contributed by atoms with Gasteiger partial charge in [0.2, 0.25) is 0 Å². The van der Waals surface area contributed by atoms with Crippen LogP contribution < -0.4 is 5.73 Å². The second-order valence-corrected chi connectivity index (χ2v) is 4.06. The predicted octanol–water partition coefficient (Wildman–Crippen LogP) is 2.14. The third-order valence-corrected chi connectivity index (χ3v) is 2.80. The van der Waals surface area contributed by atoms with Crippen LogP contribution in [0.2, 0.25) is 0 Å². The molecule has 0 radical (unpaired) electrons. The number of thiazole rings is 1. The Morgan fingerprint density at radius 2 is 2.06 bits per heavy atom. The van der Waals surface area contributed by atoms with Crippen LogP contribution in [0, 0.1) is 22.7 Å². The first-order valence-corrected chi connectivity index (χ1v) is 5.23. The Bertz CT molecular complexity index is 616. The standard InChI is InChI=1S/C11H6N4S/c12-5-7-2-1-3-8(4-7)10-9(6-13)16-11(14)15-10/h1-4H,(H2,14,15). The number of hydrogen-bond donors (Lipinski definition) is 1. The summed E-state index contributed by atoms with van der Waals surface area (Å²) in [6, 6.07) is 11.0. The fourth-order valence-electron chi connectivity index (χ4n) is 1.34. The normalized spacial score (nSPS) is 9.38. The largest absolute Gasteiger partial charge is 0.375 e. The maximum atomic E-state index is 8.92. The van der Waals surface area contributed by atoms with Crippen molar-refractivity contribution in [2.24, 2.45) is 0 Å². The van der Waals surface area contributed by atoms with E-state index in [9.17, 15) is 0 Å². The predicted molar refractivity (Wildman–Crippen MR) is 61.4 cm³/mol. The molecule has 0 fully saturated rings. The molecule has 2 rings (SSSR count). The lowest BCUT2D eigenvalue weighted by Crippen LogP contribution is -1.85. The van der Waals surface area contributed by atoms with Gasteiger partial charge in [-0.15, -0.1) is 0 Å². The lowest BCUT2D eigenvalue weighted by Gasteiger charge is -1.97. The minimum Gasteiger partial charge on any atom is -0.375 e. The first kappa shape index (κ1) is 10.2. The average molecular weight is 226 g/mol. The van der Waals surface area contributed by atoms with E-state index in [2.05, 4.69) is 4.98 Å². The van der Waals surface area contributed by atoms with Crippen molar-refractivity contribution < 1.29 is 0 Å². The molecular formula is C11H6N4S. The Morgan fingerprint density at radius 3 is 2.75 bits per heavy atom. The van der Waals surface area contributed by atoms with E-state index in [1.165, 1.54) is 0 Å². The Hall–Kier alpha value is -2.37. The zero-order chi connectivity index (χ0) is 11.5. The summed E-state index contributed by atoms with van der Waals surface area (Å²) >= 11 is 1.15. The molecule has 0 saturated heterocycles. The lowest BCUT2D eigenvalue weighted by molar-refractivity contribution is 1.39. The zero-order valence-electron chi connectivity index (χ0n) is 8.14. The maximum absolute atomic E-state index is 8.92. The van der Waals surface area contributed by atoms with Gasteiger partial charge in [-0.3, -0.25) is 0 Å². The number of nitrogen functional groups attached to an aromatic ring is 1. The van der Waals surface area contributed by atoms with Crippen LogP contribution >= 0.6 is 11.3 Å². The molecule has 2 aromatic rings.